The lowest BCUT2D eigenvalue weighted by molar-refractivity contribution is -0.129. The molecule has 0 aromatic carbocycles. The second-order valence-electron chi connectivity index (χ2n) is 6.52. The molecule has 2 atom stereocenters. The van der Waals surface area contributed by atoms with Crippen molar-refractivity contribution in [2.75, 3.05) is 19.6 Å². The Hall–Kier alpha value is -0.0300. The van der Waals surface area contributed by atoms with E-state index in [4.69, 9.17) is 5.73 Å². The second-order valence-corrected chi connectivity index (χ2v) is 6.52. The molecule has 2 rings (SSSR count). The maximum Gasteiger partial charge on any atom is 0.225 e. The Balaban J connectivity index is 0.00000200. The number of likely N-dealkylation sites (tertiary alicyclic amines) is 1. The Bertz CT molecular complexity index is 318. The van der Waals surface area contributed by atoms with E-state index in [0.29, 0.717) is 6.04 Å². The fraction of sp³-hybridized carbons (Fsp3) is 0.933. The Morgan fingerprint density at radius 2 is 1.86 bits per heavy atom. The van der Waals surface area contributed by atoms with Crippen LogP contribution in [0.25, 0.3) is 0 Å². The number of rotatable bonds is 3. The van der Waals surface area contributed by atoms with Gasteiger partial charge < -0.3 is 16.0 Å². The van der Waals surface area contributed by atoms with E-state index in [-0.39, 0.29) is 42.2 Å². The zero-order valence-corrected chi connectivity index (χ0v) is 14.9. The smallest absolute Gasteiger partial charge is 0.225 e. The van der Waals surface area contributed by atoms with Crippen molar-refractivity contribution in [1.82, 2.24) is 10.2 Å². The van der Waals surface area contributed by atoms with Gasteiger partial charge in [0.15, 0.2) is 0 Å². The van der Waals surface area contributed by atoms with Crippen LogP contribution in [0.15, 0.2) is 0 Å². The molecule has 2 aliphatic rings. The summed E-state index contributed by atoms with van der Waals surface area (Å²) in [6, 6.07) is 0.355. The van der Waals surface area contributed by atoms with Crippen molar-refractivity contribution < 1.29 is 4.79 Å². The van der Waals surface area contributed by atoms with Gasteiger partial charge in [-0.15, -0.1) is 24.8 Å². The number of amides is 1. The van der Waals surface area contributed by atoms with Crippen molar-refractivity contribution >= 4 is 30.7 Å². The predicted molar refractivity (Wildman–Crippen MR) is 92.3 cm³/mol. The highest BCUT2D eigenvalue weighted by Gasteiger charge is 2.38. The first-order chi connectivity index (χ1) is 9.03. The van der Waals surface area contributed by atoms with Gasteiger partial charge in [-0.1, -0.05) is 19.8 Å². The third-order valence-corrected chi connectivity index (χ3v) is 4.95. The third kappa shape index (κ3) is 5.59. The number of hydrogen-bond donors (Lipinski definition) is 2. The molecule has 2 fully saturated rings. The summed E-state index contributed by atoms with van der Waals surface area (Å²) in [6.45, 7) is 7.55. The van der Waals surface area contributed by atoms with Gasteiger partial charge in [0, 0.05) is 24.7 Å². The summed E-state index contributed by atoms with van der Waals surface area (Å²) in [7, 11) is 0. The van der Waals surface area contributed by atoms with Crippen molar-refractivity contribution in [2.45, 2.75) is 64.0 Å². The summed E-state index contributed by atoms with van der Waals surface area (Å²) in [5, 5.41) is 3.24. The fourth-order valence-corrected chi connectivity index (χ4v) is 3.48. The van der Waals surface area contributed by atoms with Crippen LogP contribution in [0.3, 0.4) is 0 Å². The van der Waals surface area contributed by atoms with Gasteiger partial charge in [0.1, 0.15) is 0 Å². The van der Waals surface area contributed by atoms with Crippen LogP contribution in [0.1, 0.15) is 52.4 Å². The molecule has 1 amide bonds. The summed E-state index contributed by atoms with van der Waals surface area (Å²) in [4.78, 5) is 14.9. The van der Waals surface area contributed by atoms with E-state index in [1.54, 1.807) is 0 Å². The number of carbonyl (C=O) groups is 1. The summed E-state index contributed by atoms with van der Waals surface area (Å²) in [6.07, 6.45) is 6.37. The molecule has 2 unspecified atom stereocenters. The number of hydrogen-bond acceptors (Lipinski definition) is 3. The topological polar surface area (TPSA) is 58.4 Å². The molecule has 0 bridgehead atoms. The lowest BCUT2D eigenvalue weighted by atomic mass is 9.74. The van der Waals surface area contributed by atoms with Crippen LogP contribution >= 0.6 is 24.8 Å². The van der Waals surface area contributed by atoms with E-state index in [9.17, 15) is 4.79 Å². The molecule has 0 aromatic rings. The molecule has 1 aliphatic carbocycles. The molecule has 4 nitrogen and oxygen atoms in total. The number of nitrogens with one attached hydrogen (secondary N) is 1. The Morgan fingerprint density at radius 1 is 1.24 bits per heavy atom. The molecule has 0 radical (unpaired) electrons. The first kappa shape index (κ1) is 21.0. The van der Waals surface area contributed by atoms with Crippen LogP contribution in [0.5, 0.6) is 0 Å². The van der Waals surface area contributed by atoms with Crippen molar-refractivity contribution in [1.29, 1.82) is 0 Å². The standard InChI is InChI=1S/C15H29N3O.2ClH/c1-3-18-10-7-12(8-11-18)17-14(19)13-6-4-5-9-15(13,2)16;;/h12-13H,3-11,16H2,1-2H3,(H,17,19);2*1H. The Morgan fingerprint density at radius 3 is 2.38 bits per heavy atom. The van der Waals surface area contributed by atoms with E-state index >= 15 is 0 Å². The summed E-state index contributed by atoms with van der Waals surface area (Å²) in [5.41, 5.74) is 5.99. The first-order valence-electron chi connectivity index (χ1n) is 7.84. The van der Waals surface area contributed by atoms with Gasteiger partial charge >= 0.3 is 0 Å². The lowest BCUT2D eigenvalue weighted by Gasteiger charge is -2.39. The van der Waals surface area contributed by atoms with E-state index < -0.39 is 0 Å². The van der Waals surface area contributed by atoms with Gasteiger partial charge in [-0.05, 0) is 39.2 Å². The molecule has 1 saturated carbocycles. The van der Waals surface area contributed by atoms with Crippen LogP contribution in [0.2, 0.25) is 0 Å². The molecule has 1 heterocycles. The lowest BCUT2D eigenvalue weighted by Crippen LogP contribution is -2.55. The minimum Gasteiger partial charge on any atom is -0.353 e. The highest BCUT2D eigenvalue weighted by molar-refractivity contribution is 5.85. The maximum atomic E-state index is 12.4. The van der Waals surface area contributed by atoms with Crippen molar-refractivity contribution in [3.8, 4) is 0 Å². The van der Waals surface area contributed by atoms with Gasteiger partial charge in [-0.3, -0.25) is 4.79 Å². The molecule has 1 saturated heterocycles. The van der Waals surface area contributed by atoms with Gasteiger partial charge in [0.05, 0.1) is 5.92 Å². The van der Waals surface area contributed by atoms with Crippen LogP contribution in [0, 0.1) is 5.92 Å². The van der Waals surface area contributed by atoms with Gasteiger partial charge in [-0.25, -0.2) is 0 Å². The summed E-state index contributed by atoms with van der Waals surface area (Å²) < 4.78 is 0. The monoisotopic (exact) mass is 339 g/mol. The quantitative estimate of drug-likeness (QED) is 0.829. The number of halogens is 2. The van der Waals surface area contributed by atoms with E-state index in [2.05, 4.69) is 17.1 Å². The third-order valence-electron chi connectivity index (χ3n) is 4.95. The second kappa shape index (κ2) is 9.19. The van der Waals surface area contributed by atoms with Crippen LogP contribution < -0.4 is 11.1 Å². The molecule has 6 heteroatoms. The van der Waals surface area contributed by atoms with E-state index in [0.717, 1.165) is 58.2 Å². The number of carbonyl (C=O) groups excluding carboxylic acids is 1. The first-order valence-corrected chi connectivity index (χ1v) is 7.84. The van der Waals surface area contributed by atoms with Crippen molar-refractivity contribution in [3.05, 3.63) is 0 Å². The number of nitrogens with two attached hydrogens (primary N) is 1. The average molecular weight is 340 g/mol. The predicted octanol–water partition coefficient (Wildman–Crippen LogP) is 2.34. The van der Waals surface area contributed by atoms with Gasteiger partial charge in [0.25, 0.3) is 0 Å². The highest BCUT2D eigenvalue weighted by Crippen LogP contribution is 2.31. The molecule has 126 valence electrons. The fourth-order valence-electron chi connectivity index (χ4n) is 3.48. The Kier molecular flexibility index (Phi) is 9.17. The zero-order valence-electron chi connectivity index (χ0n) is 13.3. The minimum atomic E-state index is -0.313. The molecule has 3 N–H and O–H groups in total. The molecular formula is C15H31Cl2N3O. The molecular weight excluding hydrogens is 309 g/mol. The van der Waals surface area contributed by atoms with Gasteiger partial charge in [-0.2, -0.15) is 0 Å². The molecule has 21 heavy (non-hydrogen) atoms. The zero-order chi connectivity index (χ0) is 13.9. The summed E-state index contributed by atoms with van der Waals surface area (Å²) >= 11 is 0. The highest BCUT2D eigenvalue weighted by atomic mass is 35.5. The molecule has 0 aromatic heterocycles. The minimum absolute atomic E-state index is 0. The van der Waals surface area contributed by atoms with Crippen LogP contribution in [-0.4, -0.2) is 42.0 Å². The Labute approximate surface area is 141 Å². The van der Waals surface area contributed by atoms with E-state index in [1.165, 1.54) is 0 Å². The van der Waals surface area contributed by atoms with E-state index in [1.807, 2.05) is 6.92 Å². The SMILES string of the molecule is CCN1CCC(NC(=O)C2CCCCC2(C)N)CC1.Cl.Cl. The van der Waals surface area contributed by atoms with Crippen LogP contribution in [0.4, 0.5) is 0 Å². The molecule has 0 spiro atoms. The molecule has 1 aliphatic heterocycles. The van der Waals surface area contributed by atoms with Crippen molar-refractivity contribution in [3.63, 3.8) is 0 Å². The largest absolute Gasteiger partial charge is 0.353 e. The summed E-state index contributed by atoms with van der Waals surface area (Å²) in [5.74, 6) is 0.199. The van der Waals surface area contributed by atoms with Crippen LogP contribution in [-0.2, 0) is 4.79 Å². The maximum absolute atomic E-state index is 12.4. The van der Waals surface area contributed by atoms with Gasteiger partial charge in [0.2, 0.25) is 5.91 Å². The average Bonchev–Trinajstić information content (AvgIpc) is 2.39. The normalized spacial score (nSPS) is 30.9. The van der Waals surface area contributed by atoms with Crippen molar-refractivity contribution in [2.24, 2.45) is 11.7 Å². The number of piperidine rings is 1. The number of nitrogens with zero attached hydrogens (tertiary/aromatic N) is 1.